The van der Waals surface area contributed by atoms with Crippen molar-refractivity contribution in [2.75, 3.05) is 5.32 Å². The summed E-state index contributed by atoms with van der Waals surface area (Å²) in [6.07, 6.45) is 1.51. The van der Waals surface area contributed by atoms with E-state index in [2.05, 4.69) is 20.6 Å². The van der Waals surface area contributed by atoms with Crippen LogP contribution in [0.5, 0.6) is 0 Å². The highest BCUT2D eigenvalue weighted by atomic mass is 35.5. The van der Waals surface area contributed by atoms with Gasteiger partial charge in [-0.15, -0.1) is 11.3 Å². The van der Waals surface area contributed by atoms with E-state index in [1.807, 2.05) is 12.1 Å². The SMILES string of the molecule is O=C1NC(=Nc2ccc(Cl)c(C(=O)O)c2)S/C1=C\c1ccc(Sc2nc3ccc(NC(=O)c4ccccc4)cc3s2)c([N+](=O)[O-])c1. The van der Waals surface area contributed by atoms with Crippen LogP contribution < -0.4 is 10.6 Å². The standard InChI is InChI=1S/C31H18ClN5O6S3/c32-21-9-7-18(14-20(21)29(40)41)34-30-36-28(39)26(44-30)13-16-6-11-24(23(12-16)37(42)43)45-31-35-22-10-8-19(15-25(22)46-31)33-27(38)17-4-2-1-3-5-17/h1-15H,(H,33,38)(H,40,41)(H,34,36,39)/b26-13-. The number of nitro benzene ring substituents is 1. The first-order valence-corrected chi connectivity index (χ1v) is 16.0. The maximum atomic E-state index is 12.6. The first kappa shape index (κ1) is 31.0. The third kappa shape index (κ3) is 6.94. The van der Waals surface area contributed by atoms with E-state index in [1.165, 1.54) is 41.7 Å². The number of nitrogens with zero attached hydrogens (tertiary/aromatic N) is 3. The molecule has 46 heavy (non-hydrogen) atoms. The van der Waals surface area contributed by atoms with Crippen LogP contribution in [0.3, 0.4) is 0 Å². The highest BCUT2D eigenvalue weighted by Gasteiger charge is 2.25. The molecule has 0 atom stereocenters. The van der Waals surface area contributed by atoms with Gasteiger partial charge in [-0.1, -0.05) is 47.6 Å². The monoisotopic (exact) mass is 687 g/mol. The molecule has 2 heterocycles. The Morgan fingerprint density at radius 1 is 1.07 bits per heavy atom. The average Bonchev–Trinajstić information content (AvgIpc) is 3.59. The zero-order chi connectivity index (χ0) is 32.4. The number of benzene rings is 4. The number of hydrogen-bond donors (Lipinski definition) is 3. The highest BCUT2D eigenvalue weighted by molar-refractivity contribution is 8.18. The number of anilines is 1. The summed E-state index contributed by atoms with van der Waals surface area (Å²) in [6.45, 7) is 0. The number of carboxylic acids is 1. The number of hydrogen-bond acceptors (Lipinski definition) is 10. The van der Waals surface area contributed by atoms with Gasteiger partial charge in [0.2, 0.25) is 0 Å². The maximum Gasteiger partial charge on any atom is 0.337 e. The number of carbonyl (C=O) groups is 3. The van der Waals surface area contributed by atoms with E-state index < -0.39 is 16.8 Å². The Balaban J connectivity index is 1.19. The molecule has 0 radical (unpaired) electrons. The summed E-state index contributed by atoms with van der Waals surface area (Å²) in [6, 6.07) is 23.0. The number of nitrogens with one attached hydrogen (secondary N) is 2. The molecule has 4 aromatic carbocycles. The minimum atomic E-state index is -1.21. The van der Waals surface area contributed by atoms with E-state index in [9.17, 15) is 29.6 Å². The largest absolute Gasteiger partial charge is 0.478 e. The van der Waals surface area contributed by atoms with Gasteiger partial charge >= 0.3 is 5.97 Å². The van der Waals surface area contributed by atoms with Crippen LogP contribution in [-0.4, -0.2) is 38.0 Å². The van der Waals surface area contributed by atoms with Gasteiger partial charge in [-0.25, -0.2) is 14.8 Å². The molecule has 1 fully saturated rings. The summed E-state index contributed by atoms with van der Waals surface area (Å²) >= 11 is 9.42. The molecular weight excluding hydrogens is 670 g/mol. The molecule has 15 heteroatoms. The number of amides is 2. The van der Waals surface area contributed by atoms with Crippen LogP contribution in [0, 0.1) is 10.1 Å². The lowest BCUT2D eigenvalue weighted by atomic mass is 10.2. The van der Waals surface area contributed by atoms with Crippen molar-refractivity contribution in [1.29, 1.82) is 0 Å². The first-order valence-electron chi connectivity index (χ1n) is 13.2. The molecule has 0 aliphatic carbocycles. The third-order valence-corrected chi connectivity index (χ3v) is 9.78. The lowest BCUT2D eigenvalue weighted by Gasteiger charge is -2.04. The van der Waals surface area contributed by atoms with Gasteiger partial charge in [0.05, 0.1) is 41.2 Å². The molecule has 6 rings (SSSR count). The minimum Gasteiger partial charge on any atom is -0.478 e. The maximum absolute atomic E-state index is 12.6. The molecule has 228 valence electrons. The first-order chi connectivity index (χ1) is 22.1. The molecule has 0 spiro atoms. The molecule has 5 aromatic rings. The van der Waals surface area contributed by atoms with Crippen molar-refractivity contribution in [2.45, 2.75) is 9.24 Å². The smallest absolute Gasteiger partial charge is 0.337 e. The zero-order valence-corrected chi connectivity index (χ0v) is 26.3. The summed E-state index contributed by atoms with van der Waals surface area (Å²) in [5.41, 5.74) is 2.25. The number of thiazole rings is 1. The summed E-state index contributed by atoms with van der Waals surface area (Å²) in [4.78, 5) is 57.5. The van der Waals surface area contributed by atoms with Crippen molar-refractivity contribution in [3.8, 4) is 0 Å². The average molecular weight is 688 g/mol. The van der Waals surface area contributed by atoms with E-state index >= 15 is 0 Å². The van der Waals surface area contributed by atoms with Crippen LogP contribution in [0.15, 0.2) is 104 Å². The predicted octanol–water partition coefficient (Wildman–Crippen LogP) is 7.85. The number of nitro groups is 1. The number of aromatic carboxylic acids is 1. The lowest BCUT2D eigenvalue weighted by Crippen LogP contribution is -2.19. The Hall–Kier alpha value is -5.02. The normalized spacial score (nSPS) is 14.5. The summed E-state index contributed by atoms with van der Waals surface area (Å²) in [5, 5.41) is 27.1. The molecule has 1 aliphatic rings. The van der Waals surface area contributed by atoms with Gasteiger partial charge in [-0.05, 0) is 78.0 Å². The van der Waals surface area contributed by atoms with E-state index in [1.54, 1.807) is 48.5 Å². The van der Waals surface area contributed by atoms with Crippen LogP contribution in [0.25, 0.3) is 16.3 Å². The van der Waals surface area contributed by atoms with Gasteiger partial charge in [-0.3, -0.25) is 19.7 Å². The van der Waals surface area contributed by atoms with Gasteiger partial charge in [0.1, 0.15) is 0 Å². The second-order valence-corrected chi connectivity index (χ2v) is 13.3. The molecule has 1 aromatic heterocycles. The molecule has 1 aliphatic heterocycles. The number of rotatable bonds is 8. The zero-order valence-electron chi connectivity index (χ0n) is 23.1. The van der Waals surface area contributed by atoms with Crippen LogP contribution in [0.1, 0.15) is 26.3 Å². The Bertz CT molecular complexity index is 2130. The van der Waals surface area contributed by atoms with Crippen molar-refractivity contribution < 1.29 is 24.4 Å². The third-order valence-electron chi connectivity index (χ3n) is 6.40. The van der Waals surface area contributed by atoms with Crippen LogP contribution in [-0.2, 0) is 4.79 Å². The Labute approximate surface area is 277 Å². The fourth-order valence-corrected chi connectivity index (χ4v) is 7.45. The Morgan fingerprint density at radius 2 is 1.87 bits per heavy atom. The van der Waals surface area contributed by atoms with Gasteiger partial charge in [-0.2, -0.15) is 0 Å². The summed E-state index contributed by atoms with van der Waals surface area (Å²) in [7, 11) is 0. The van der Waals surface area contributed by atoms with E-state index in [4.69, 9.17) is 11.6 Å². The number of aliphatic imine (C=N–C) groups is 1. The predicted molar refractivity (Wildman–Crippen MR) is 180 cm³/mol. The lowest BCUT2D eigenvalue weighted by molar-refractivity contribution is -0.387. The fraction of sp³-hybridized carbons (Fsp3) is 0. The Kier molecular flexibility index (Phi) is 8.85. The second kappa shape index (κ2) is 13.1. The van der Waals surface area contributed by atoms with E-state index in [0.29, 0.717) is 31.6 Å². The number of thioether (sulfide) groups is 1. The number of fused-ring (bicyclic) bond motifs is 1. The fourth-order valence-electron chi connectivity index (χ4n) is 4.26. The van der Waals surface area contributed by atoms with Crippen molar-refractivity contribution in [1.82, 2.24) is 10.3 Å². The van der Waals surface area contributed by atoms with Crippen LogP contribution in [0.4, 0.5) is 17.1 Å². The summed E-state index contributed by atoms with van der Waals surface area (Å²) in [5.74, 6) is -1.90. The van der Waals surface area contributed by atoms with E-state index in [0.717, 1.165) is 28.2 Å². The van der Waals surface area contributed by atoms with Crippen molar-refractivity contribution in [2.24, 2.45) is 4.99 Å². The van der Waals surface area contributed by atoms with Gasteiger partial charge < -0.3 is 15.7 Å². The molecule has 11 nitrogen and oxygen atoms in total. The molecule has 1 saturated heterocycles. The highest BCUT2D eigenvalue weighted by Crippen LogP contribution is 2.40. The van der Waals surface area contributed by atoms with Gasteiger partial charge in [0, 0.05) is 17.3 Å². The molecular formula is C31H18ClN5O6S3. The Morgan fingerprint density at radius 3 is 2.63 bits per heavy atom. The van der Waals surface area contributed by atoms with Crippen molar-refractivity contribution >= 4 is 103 Å². The molecule has 0 saturated carbocycles. The molecule has 0 bridgehead atoms. The number of carbonyl (C=O) groups excluding carboxylic acids is 2. The number of aromatic nitrogens is 1. The number of halogens is 1. The van der Waals surface area contributed by atoms with Crippen molar-refractivity contribution in [3.63, 3.8) is 0 Å². The molecule has 3 N–H and O–H groups in total. The number of amidine groups is 1. The summed E-state index contributed by atoms with van der Waals surface area (Å²) < 4.78 is 1.38. The quantitative estimate of drug-likeness (QED) is 0.0837. The van der Waals surface area contributed by atoms with Gasteiger partial charge in [0.25, 0.3) is 17.5 Å². The van der Waals surface area contributed by atoms with Crippen LogP contribution in [0.2, 0.25) is 5.02 Å². The van der Waals surface area contributed by atoms with Crippen molar-refractivity contribution in [3.05, 3.63) is 122 Å². The van der Waals surface area contributed by atoms with E-state index in [-0.39, 0.29) is 37.9 Å². The van der Waals surface area contributed by atoms with Crippen LogP contribution >= 0.6 is 46.5 Å². The molecule has 0 unspecified atom stereocenters. The van der Waals surface area contributed by atoms with Gasteiger partial charge in [0.15, 0.2) is 9.51 Å². The molecule has 2 amide bonds. The second-order valence-electron chi connectivity index (χ2n) is 9.52. The topological polar surface area (TPSA) is 164 Å². The number of carboxylic acid groups (broad SMARTS) is 1. The minimum absolute atomic E-state index is 0.0603.